The molecule has 0 saturated carbocycles. The summed E-state index contributed by atoms with van der Waals surface area (Å²) in [6.07, 6.45) is 3.62. The minimum absolute atomic E-state index is 0.121. The van der Waals surface area contributed by atoms with E-state index in [0.717, 1.165) is 11.3 Å². The number of rotatable bonds is 4. The van der Waals surface area contributed by atoms with E-state index in [1.807, 2.05) is 35.2 Å². The van der Waals surface area contributed by atoms with Gasteiger partial charge in [-0.25, -0.2) is 0 Å². The Kier molecular flexibility index (Phi) is 5.52. The van der Waals surface area contributed by atoms with Crippen LogP contribution in [0.5, 0.6) is 0 Å². The predicted octanol–water partition coefficient (Wildman–Crippen LogP) is 4.26. The number of nitrogens with zero attached hydrogens (tertiary/aromatic N) is 3. The normalized spacial score (nSPS) is 25.1. The number of anilines is 1. The van der Waals surface area contributed by atoms with Gasteiger partial charge in [0.2, 0.25) is 0 Å². The van der Waals surface area contributed by atoms with Crippen molar-refractivity contribution in [3.8, 4) is 6.07 Å². The highest BCUT2D eigenvalue weighted by atomic mass is 16.6. The van der Waals surface area contributed by atoms with Crippen molar-refractivity contribution in [1.29, 1.82) is 5.26 Å². The number of esters is 1. The van der Waals surface area contributed by atoms with E-state index in [1.165, 1.54) is 31.4 Å². The lowest BCUT2D eigenvalue weighted by molar-refractivity contribution is -0.384. The topological polar surface area (TPSA) is 114 Å². The van der Waals surface area contributed by atoms with Crippen LogP contribution >= 0.6 is 0 Å². The van der Waals surface area contributed by atoms with Gasteiger partial charge in [0.1, 0.15) is 0 Å². The number of carbonyl (C=O) groups excluding carboxylic acids is 2. The van der Waals surface area contributed by atoms with E-state index in [2.05, 4.69) is 6.07 Å². The van der Waals surface area contributed by atoms with Gasteiger partial charge in [0.05, 0.1) is 30.2 Å². The number of fused-ring (bicyclic) bond motifs is 3. The number of nitriles is 1. The van der Waals surface area contributed by atoms with Gasteiger partial charge in [-0.1, -0.05) is 63.3 Å². The van der Waals surface area contributed by atoms with E-state index in [-0.39, 0.29) is 11.5 Å². The van der Waals surface area contributed by atoms with Crippen LogP contribution in [0.15, 0.2) is 54.6 Å². The Hall–Kier alpha value is -3.99. The molecule has 0 radical (unpaired) electrons. The van der Waals surface area contributed by atoms with Crippen molar-refractivity contribution in [2.45, 2.75) is 38.8 Å². The lowest BCUT2D eigenvalue weighted by Gasteiger charge is -2.37. The van der Waals surface area contributed by atoms with Crippen LogP contribution in [0.3, 0.4) is 0 Å². The molecule has 174 valence electrons. The number of Topliss-reactive ketones (excluding diaryl/α,β-unsaturated/α-hetero) is 1. The van der Waals surface area contributed by atoms with Crippen molar-refractivity contribution in [3.63, 3.8) is 0 Å². The molecular formula is C26H25N3O5. The molecule has 1 fully saturated rings. The number of ketones is 1. The van der Waals surface area contributed by atoms with Gasteiger partial charge >= 0.3 is 5.97 Å². The number of nitro groups is 1. The first-order valence-corrected chi connectivity index (χ1v) is 10.9. The van der Waals surface area contributed by atoms with Crippen LogP contribution in [-0.4, -0.2) is 35.9 Å². The molecule has 0 aliphatic carbocycles. The largest absolute Gasteiger partial charge is 0.468 e. The Morgan fingerprint density at radius 1 is 1.15 bits per heavy atom. The van der Waals surface area contributed by atoms with Crippen LogP contribution in [0.1, 0.15) is 37.8 Å². The molecule has 2 heterocycles. The summed E-state index contributed by atoms with van der Waals surface area (Å²) in [5.41, 5.74) is -0.562. The summed E-state index contributed by atoms with van der Waals surface area (Å²) in [6, 6.07) is 13.8. The summed E-state index contributed by atoms with van der Waals surface area (Å²) in [5.74, 6) is -1.81. The van der Waals surface area contributed by atoms with Crippen LogP contribution in [0.2, 0.25) is 0 Å². The van der Waals surface area contributed by atoms with E-state index in [1.54, 1.807) is 26.8 Å². The highest BCUT2D eigenvalue weighted by molar-refractivity contribution is 5.99. The molecule has 2 aromatic rings. The van der Waals surface area contributed by atoms with Crippen molar-refractivity contribution in [1.82, 2.24) is 0 Å². The predicted molar refractivity (Wildman–Crippen MR) is 126 cm³/mol. The average Bonchev–Trinajstić information content (AvgIpc) is 3.13. The second-order valence-electron chi connectivity index (χ2n) is 9.63. The van der Waals surface area contributed by atoms with Crippen LogP contribution in [0.25, 0.3) is 6.08 Å². The second kappa shape index (κ2) is 8.10. The molecule has 4 atom stereocenters. The third-order valence-electron chi connectivity index (χ3n) is 6.72. The highest BCUT2D eigenvalue weighted by Gasteiger charge is 2.67. The van der Waals surface area contributed by atoms with Gasteiger partial charge in [-0.15, -0.1) is 0 Å². The highest BCUT2D eigenvalue weighted by Crippen LogP contribution is 2.57. The minimum Gasteiger partial charge on any atom is -0.468 e. The monoisotopic (exact) mass is 459 g/mol. The number of non-ortho nitro benzene ring substituents is 1. The Bertz CT molecular complexity index is 1240. The summed E-state index contributed by atoms with van der Waals surface area (Å²) in [4.78, 5) is 39.9. The maximum atomic E-state index is 14.0. The number of benzene rings is 2. The maximum absolute atomic E-state index is 14.0. The van der Waals surface area contributed by atoms with Gasteiger partial charge in [-0.2, -0.15) is 5.26 Å². The molecule has 4 rings (SSSR count). The summed E-state index contributed by atoms with van der Waals surface area (Å²) in [6.45, 7) is 5.40. The molecule has 0 unspecified atom stereocenters. The molecule has 0 spiro atoms. The quantitative estimate of drug-likeness (QED) is 0.381. The van der Waals surface area contributed by atoms with E-state index in [4.69, 9.17) is 4.74 Å². The summed E-state index contributed by atoms with van der Waals surface area (Å²) in [7, 11) is 1.22. The molecule has 2 aliphatic rings. The first-order chi connectivity index (χ1) is 16.1. The first-order valence-electron chi connectivity index (χ1n) is 10.9. The van der Waals surface area contributed by atoms with Crippen molar-refractivity contribution < 1.29 is 19.2 Å². The fourth-order valence-corrected chi connectivity index (χ4v) is 5.16. The molecule has 0 aromatic heterocycles. The molecule has 8 nitrogen and oxygen atoms in total. The number of hydrogen-bond donors (Lipinski definition) is 0. The fourth-order valence-electron chi connectivity index (χ4n) is 5.16. The number of hydrogen-bond acceptors (Lipinski definition) is 7. The van der Waals surface area contributed by atoms with Gasteiger partial charge in [-0.05, 0) is 17.2 Å². The fraction of sp³-hybridized carbons (Fsp3) is 0.346. The average molecular weight is 460 g/mol. The molecule has 34 heavy (non-hydrogen) atoms. The van der Waals surface area contributed by atoms with Gasteiger partial charge in [-0.3, -0.25) is 19.7 Å². The van der Waals surface area contributed by atoms with E-state index < -0.39 is 39.7 Å². The Balaban J connectivity index is 2.04. The Labute approximate surface area is 197 Å². The zero-order valence-corrected chi connectivity index (χ0v) is 19.4. The lowest BCUT2D eigenvalue weighted by atomic mass is 9.67. The molecule has 0 bridgehead atoms. The van der Waals surface area contributed by atoms with Gasteiger partial charge in [0.15, 0.2) is 11.2 Å². The molecule has 1 saturated heterocycles. The van der Waals surface area contributed by atoms with Crippen molar-refractivity contribution in [3.05, 3.63) is 75.8 Å². The lowest BCUT2D eigenvalue weighted by Crippen LogP contribution is -2.48. The van der Waals surface area contributed by atoms with Gasteiger partial charge in [0.25, 0.3) is 5.69 Å². The zero-order chi connectivity index (χ0) is 24.8. The number of methoxy groups -OCH3 is 1. The number of ether oxygens (including phenoxy) is 1. The van der Waals surface area contributed by atoms with Gasteiger partial charge in [0, 0.05) is 29.2 Å². The summed E-state index contributed by atoms with van der Waals surface area (Å²) in [5, 5.41) is 21.8. The maximum Gasteiger partial charge on any atom is 0.329 e. The molecule has 2 aliphatic heterocycles. The Morgan fingerprint density at radius 3 is 2.35 bits per heavy atom. The number of carbonyl (C=O) groups is 2. The molecule has 8 heteroatoms. The van der Waals surface area contributed by atoms with E-state index in [0.29, 0.717) is 5.56 Å². The van der Waals surface area contributed by atoms with Crippen LogP contribution in [0.4, 0.5) is 11.4 Å². The van der Waals surface area contributed by atoms with Crippen molar-refractivity contribution in [2.75, 3.05) is 12.0 Å². The number of nitro benzene ring substituents is 1. The third kappa shape index (κ3) is 3.27. The molecule has 2 aromatic carbocycles. The molecule has 0 amide bonds. The van der Waals surface area contributed by atoms with Gasteiger partial charge < -0.3 is 9.64 Å². The molecular weight excluding hydrogens is 434 g/mol. The third-order valence-corrected chi connectivity index (χ3v) is 6.72. The standard InChI is InChI=1S/C26H25N3O5/c1-25(2,3)23(30)22-21(17-9-12-18(13-10-17)29(32)33)26(15-27,24(31)34-4)20-14-11-16-7-5-6-8-19(16)28(20)22/h5-14,20-22H,1-4H3/t20-,21+,22-,26+/m1/s1. The SMILES string of the molecule is COC(=O)[C@]1(C#N)[C@@H](c2ccc([N+](=O)[O-])cc2)[C@H](C(=O)C(C)(C)C)N2c3ccccc3C=C[C@@H]21. The van der Waals surface area contributed by atoms with Crippen molar-refractivity contribution >= 4 is 29.2 Å². The van der Waals surface area contributed by atoms with Crippen molar-refractivity contribution in [2.24, 2.45) is 10.8 Å². The van der Waals surface area contributed by atoms with Crippen LogP contribution in [-0.2, 0) is 14.3 Å². The second-order valence-corrected chi connectivity index (χ2v) is 9.63. The number of para-hydroxylation sites is 1. The first kappa shape index (κ1) is 23.2. The van der Waals surface area contributed by atoms with Crippen LogP contribution in [0, 0.1) is 32.3 Å². The summed E-state index contributed by atoms with van der Waals surface area (Å²) >= 11 is 0. The Morgan fingerprint density at radius 2 is 1.79 bits per heavy atom. The zero-order valence-electron chi connectivity index (χ0n) is 19.4. The van der Waals surface area contributed by atoms with E-state index >= 15 is 0 Å². The molecule has 0 N–H and O–H groups in total. The minimum atomic E-state index is -1.75. The smallest absolute Gasteiger partial charge is 0.329 e. The van der Waals surface area contributed by atoms with Crippen LogP contribution < -0.4 is 4.90 Å². The van der Waals surface area contributed by atoms with E-state index in [9.17, 15) is 25.0 Å². The summed E-state index contributed by atoms with van der Waals surface area (Å²) < 4.78 is 5.15.